The van der Waals surface area contributed by atoms with Crippen molar-refractivity contribution in [2.24, 2.45) is 0 Å². The molecule has 0 aliphatic carbocycles. The molecule has 0 amide bonds. The number of ether oxygens (including phenoxy) is 1. The van der Waals surface area contributed by atoms with Crippen molar-refractivity contribution in [3.8, 4) is 11.8 Å². The van der Waals surface area contributed by atoms with Crippen LogP contribution in [0.5, 0.6) is 5.75 Å². The number of benzene rings is 1. The van der Waals surface area contributed by atoms with Gasteiger partial charge in [-0.2, -0.15) is 5.26 Å². The Morgan fingerprint density at radius 1 is 1.43 bits per heavy atom. The molecule has 1 aromatic rings. The van der Waals surface area contributed by atoms with Gasteiger partial charge in [-0.25, -0.2) is 0 Å². The molecule has 0 heterocycles. The van der Waals surface area contributed by atoms with Gasteiger partial charge < -0.3 is 4.74 Å². The number of hydrogen-bond acceptors (Lipinski definition) is 2. The van der Waals surface area contributed by atoms with Crippen LogP contribution in [0.4, 0.5) is 0 Å². The summed E-state index contributed by atoms with van der Waals surface area (Å²) in [7, 11) is 0. The van der Waals surface area contributed by atoms with Crippen LogP contribution in [0.15, 0.2) is 54.3 Å². The SMILES string of the molecule is C=C/C=C(C#N)\C(=C/C)Oc1ccc(B(C)C)c(CC)c1. The molecule has 0 N–H and O–H groups in total. The number of hydrogen-bond donors (Lipinski definition) is 0. The van der Waals surface area contributed by atoms with E-state index < -0.39 is 0 Å². The third kappa shape index (κ3) is 4.39. The maximum atomic E-state index is 9.17. The van der Waals surface area contributed by atoms with Gasteiger partial charge in [-0.15, -0.1) is 0 Å². The summed E-state index contributed by atoms with van der Waals surface area (Å²) < 4.78 is 5.87. The Balaban J connectivity index is 3.10. The lowest BCUT2D eigenvalue weighted by Crippen LogP contribution is -2.26. The van der Waals surface area contributed by atoms with Gasteiger partial charge in [-0.05, 0) is 37.6 Å². The van der Waals surface area contributed by atoms with Crippen molar-refractivity contribution in [1.82, 2.24) is 0 Å². The molecule has 0 fully saturated rings. The summed E-state index contributed by atoms with van der Waals surface area (Å²) in [4.78, 5) is 0. The molecule has 0 radical (unpaired) electrons. The van der Waals surface area contributed by atoms with Crippen LogP contribution in [-0.4, -0.2) is 6.71 Å². The summed E-state index contributed by atoms with van der Waals surface area (Å²) in [6, 6.07) is 8.25. The van der Waals surface area contributed by atoms with E-state index in [-0.39, 0.29) is 0 Å². The molecule has 0 unspecified atom stereocenters. The summed E-state index contributed by atoms with van der Waals surface area (Å²) in [6.07, 6.45) is 5.99. The molecule has 0 spiro atoms. The van der Waals surface area contributed by atoms with Crippen molar-refractivity contribution in [3.63, 3.8) is 0 Å². The molecule has 0 aromatic heterocycles. The van der Waals surface area contributed by atoms with Crippen LogP contribution in [0, 0.1) is 11.3 Å². The Morgan fingerprint density at radius 2 is 2.14 bits per heavy atom. The van der Waals surface area contributed by atoms with Crippen LogP contribution in [0.3, 0.4) is 0 Å². The fourth-order valence-corrected chi connectivity index (χ4v) is 2.20. The first kappa shape index (κ1) is 16.8. The van der Waals surface area contributed by atoms with Crippen LogP contribution in [0.1, 0.15) is 19.4 Å². The summed E-state index contributed by atoms with van der Waals surface area (Å²) in [5.41, 5.74) is 3.09. The number of allylic oxidation sites excluding steroid dienone is 4. The van der Waals surface area contributed by atoms with Crippen LogP contribution in [0.25, 0.3) is 0 Å². The van der Waals surface area contributed by atoms with E-state index in [1.807, 2.05) is 13.0 Å². The fourth-order valence-electron chi connectivity index (χ4n) is 2.20. The smallest absolute Gasteiger partial charge is 0.169 e. The first-order chi connectivity index (χ1) is 10.1. The Morgan fingerprint density at radius 3 is 2.62 bits per heavy atom. The molecular weight excluding hydrogens is 257 g/mol. The molecule has 0 saturated carbocycles. The minimum Gasteiger partial charge on any atom is -0.456 e. The van der Waals surface area contributed by atoms with E-state index in [4.69, 9.17) is 10.00 Å². The third-order valence-electron chi connectivity index (χ3n) is 3.28. The number of aryl methyl sites for hydroxylation is 1. The molecule has 0 aliphatic rings. The molecule has 108 valence electrons. The van der Waals surface area contributed by atoms with E-state index in [2.05, 4.69) is 45.4 Å². The van der Waals surface area contributed by atoms with Crippen LogP contribution in [-0.2, 0) is 6.42 Å². The Hall–Kier alpha value is -2.21. The van der Waals surface area contributed by atoms with E-state index in [1.165, 1.54) is 11.0 Å². The second-order valence-electron chi connectivity index (χ2n) is 5.05. The van der Waals surface area contributed by atoms with Crippen molar-refractivity contribution in [1.29, 1.82) is 5.26 Å². The lowest BCUT2D eigenvalue weighted by Gasteiger charge is -2.14. The topological polar surface area (TPSA) is 33.0 Å². The zero-order chi connectivity index (χ0) is 15.8. The molecule has 0 bridgehead atoms. The summed E-state index contributed by atoms with van der Waals surface area (Å²) >= 11 is 0. The molecule has 1 rings (SSSR count). The van der Waals surface area contributed by atoms with Gasteiger partial charge in [-0.3, -0.25) is 0 Å². The maximum Gasteiger partial charge on any atom is 0.169 e. The summed E-state index contributed by atoms with van der Waals surface area (Å²) in [5, 5.41) is 9.17. The van der Waals surface area contributed by atoms with Crippen molar-refractivity contribution in [2.75, 3.05) is 0 Å². The highest BCUT2D eigenvalue weighted by Crippen LogP contribution is 2.20. The van der Waals surface area contributed by atoms with Gasteiger partial charge >= 0.3 is 0 Å². The van der Waals surface area contributed by atoms with E-state index in [1.54, 1.807) is 18.2 Å². The number of rotatable bonds is 6. The molecule has 21 heavy (non-hydrogen) atoms. The predicted octanol–water partition coefficient (Wildman–Crippen LogP) is 4.13. The average molecular weight is 279 g/mol. The van der Waals surface area contributed by atoms with Gasteiger partial charge in [0.15, 0.2) is 6.71 Å². The highest BCUT2D eigenvalue weighted by atomic mass is 16.5. The third-order valence-corrected chi connectivity index (χ3v) is 3.28. The zero-order valence-corrected chi connectivity index (χ0v) is 13.3. The van der Waals surface area contributed by atoms with Crippen molar-refractivity contribution in [2.45, 2.75) is 33.9 Å². The van der Waals surface area contributed by atoms with Gasteiger partial charge in [0.05, 0.1) is 5.57 Å². The first-order valence-electron chi connectivity index (χ1n) is 7.27. The minimum atomic E-state index is 0.471. The second kappa shape index (κ2) is 8.16. The van der Waals surface area contributed by atoms with Crippen molar-refractivity contribution < 1.29 is 4.74 Å². The van der Waals surface area contributed by atoms with Crippen LogP contribution >= 0.6 is 0 Å². The molecule has 0 atom stereocenters. The monoisotopic (exact) mass is 279 g/mol. The van der Waals surface area contributed by atoms with E-state index >= 15 is 0 Å². The quantitative estimate of drug-likeness (QED) is 0.339. The Bertz CT molecular complexity index is 606. The van der Waals surface area contributed by atoms with Gasteiger partial charge in [0, 0.05) is 0 Å². The average Bonchev–Trinajstić information content (AvgIpc) is 2.50. The summed E-state index contributed by atoms with van der Waals surface area (Å²) in [5.74, 6) is 1.31. The normalized spacial score (nSPS) is 11.8. The largest absolute Gasteiger partial charge is 0.456 e. The number of nitriles is 1. The Labute approximate surface area is 128 Å². The van der Waals surface area contributed by atoms with Gasteiger partial charge in [0.2, 0.25) is 0 Å². The highest BCUT2D eigenvalue weighted by molar-refractivity contribution is 6.71. The van der Waals surface area contributed by atoms with Gasteiger partial charge in [0.1, 0.15) is 17.6 Å². The predicted molar refractivity (Wildman–Crippen MR) is 91.2 cm³/mol. The molecular formula is C18H22BNO. The Kier molecular flexibility index (Phi) is 6.55. The molecule has 1 aromatic carbocycles. The van der Waals surface area contributed by atoms with Crippen molar-refractivity contribution in [3.05, 3.63) is 59.9 Å². The first-order valence-corrected chi connectivity index (χ1v) is 7.27. The lowest BCUT2D eigenvalue weighted by molar-refractivity contribution is 0.438. The zero-order valence-electron chi connectivity index (χ0n) is 13.3. The lowest BCUT2D eigenvalue weighted by atomic mass is 9.48. The molecule has 0 aliphatic heterocycles. The summed E-state index contributed by atoms with van der Waals surface area (Å²) in [6.45, 7) is 12.5. The second-order valence-corrected chi connectivity index (χ2v) is 5.05. The maximum absolute atomic E-state index is 9.17. The van der Waals surface area contributed by atoms with Gasteiger partial charge in [-0.1, -0.05) is 50.3 Å². The molecule has 0 saturated heterocycles. The fraction of sp³-hybridized carbons (Fsp3) is 0.278. The van der Waals surface area contributed by atoms with Gasteiger partial charge in [0.25, 0.3) is 0 Å². The van der Waals surface area contributed by atoms with E-state index in [0.29, 0.717) is 18.0 Å². The highest BCUT2D eigenvalue weighted by Gasteiger charge is 2.11. The van der Waals surface area contributed by atoms with Crippen LogP contribution in [0.2, 0.25) is 13.6 Å². The standard InChI is InChI=1S/C18H22BNO/c1-6-9-15(13-20)18(8-3)21-16-10-11-17(19(4)5)14(7-2)12-16/h6,8-12H,1,7H2,2-5H3/b15-9-,18-8+. The van der Waals surface area contributed by atoms with Crippen molar-refractivity contribution >= 4 is 12.2 Å². The molecule has 2 nitrogen and oxygen atoms in total. The molecule has 3 heteroatoms. The van der Waals surface area contributed by atoms with E-state index in [0.717, 1.165) is 12.2 Å². The minimum absolute atomic E-state index is 0.471. The number of nitrogens with zero attached hydrogens (tertiary/aromatic N) is 1. The van der Waals surface area contributed by atoms with E-state index in [9.17, 15) is 0 Å². The van der Waals surface area contributed by atoms with Crippen LogP contribution < -0.4 is 10.2 Å².